The van der Waals surface area contributed by atoms with Gasteiger partial charge in [0.25, 0.3) is 0 Å². The number of carbonyl (C=O) groups is 3. The van der Waals surface area contributed by atoms with E-state index in [1.54, 1.807) is 61.7 Å². The van der Waals surface area contributed by atoms with Crippen LogP contribution in [0.25, 0.3) is 0 Å². The number of esters is 3. The Bertz CT molecular complexity index is 1280. The van der Waals surface area contributed by atoms with Crippen LogP contribution in [0.2, 0.25) is 0 Å². The van der Waals surface area contributed by atoms with Gasteiger partial charge in [0, 0.05) is 6.92 Å². The maximum absolute atomic E-state index is 13.2. The van der Waals surface area contributed by atoms with E-state index < -0.39 is 48.6 Å². The molecule has 0 spiro atoms. The summed E-state index contributed by atoms with van der Waals surface area (Å²) in [5.74, 6) is -1.52. The normalized spacial score (nSPS) is 21.9. The second-order valence-electron chi connectivity index (χ2n) is 9.18. The molecule has 41 heavy (non-hydrogen) atoms. The number of benzene rings is 3. The number of hydrogen-bond donors (Lipinski definition) is 0. The van der Waals surface area contributed by atoms with Crippen molar-refractivity contribution in [2.45, 2.75) is 50.8 Å². The first-order valence-corrected chi connectivity index (χ1v) is 13.0. The largest absolute Gasteiger partial charge is 0.497 e. The van der Waals surface area contributed by atoms with Gasteiger partial charge in [-0.2, -0.15) is 0 Å². The van der Waals surface area contributed by atoms with Gasteiger partial charge in [-0.1, -0.05) is 60.7 Å². The number of methoxy groups -OCH3 is 2. The van der Waals surface area contributed by atoms with Crippen LogP contribution in [0.3, 0.4) is 0 Å². The Morgan fingerprint density at radius 3 is 1.93 bits per heavy atom. The molecule has 0 radical (unpaired) electrons. The zero-order chi connectivity index (χ0) is 29.2. The summed E-state index contributed by atoms with van der Waals surface area (Å²) in [6, 6.07) is 24.8. The molecule has 3 aromatic rings. The van der Waals surface area contributed by atoms with Crippen molar-refractivity contribution in [1.29, 1.82) is 0 Å². The third kappa shape index (κ3) is 7.91. The molecule has 1 saturated heterocycles. The summed E-state index contributed by atoms with van der Waals surface area (Å²) in [5, 5.41) is 0. The Labute approximate surface area is 238 Å². The topological polar surface area (TPSA) is 116 Å². The summed E-state index contributed by atoms with van der Waals surface area (Å²) < 4.78 is 39.9. The number of ether oxygens (including phenoxy) is 7. The maximum Gasteiger partial charge on any atom is 0.339 e. The zero-order valence-corrected chi connectivity index (χ0v) is 23.0. The quantitative estimate of drug-likeness (QED) is 0.251. The van der Waals surface area contributed by atoms with Crippen molar-refractivity contribution in [2.75, 3.05) is 14.2 Å². The van der Waals surface area contributed by atoms with Crippen molar-refractivity contribution in [1.82, 2.24) is 0 Å². The van der Waals surface area contributed by atoms with Gasteiger partial charge in [-0.3, -0.25) is 4.79 Å². The molecule has 3 aromatic carbocycles. The first-order valence-electron chi connectivity index (χ1n) is 13.0. The van der Waals surface area contributed by atoms with E-state index in [0.29, 0.717) is 5.75 Å². The van der Waals surface area contributed by atoms with Crippen LogP contribution in [0.15, 0.2) is 84.9 Å². The van der Waals surface area contributed by atoms with E-state index in [9.17, 15) is 14.4 Å². The highest BCUT2D eigenvalue weighted by Crippen LogP contribution is 2.32. The molecule has 1 fully saturated rings. The Balaban J connectivity index is 1.69. The summed E-state index contributed by atoms with van der Waals surface area (Å²) in [5.41, 5.74) is 1.85. The third-order valence-corrected chi connectivity index (χ3v) is 6.34. The lowest BCUT2D eigenvalue weighted by Gasteiger charge is -2.43. The van der Waals surface area contributed by atoms with Gasteiger partial charge in [0.2, 0.25) is 0 Å². The van der Waals surface area contributed by atoms with Gasteiger partial charge in [-0.15, -0.1) is 0 Å². The molecule has 1 aliphatic heterocycles. The highest BCUT2D eigenvalue weighted by atomic mass is 16.7. The summed E-state index contributed by atoms with van der Waals surface area (Å²) in [6.45, 7) is 1.28. The van der Waals surface area contributed by atoms with Crippen LogP contribution in [-0.4, -0.2) is 62.8 Å². The molecule has 0 amide bonds. The molecule has 4 rings (SSSR count). The fraction of sp³-hybridized carbons (Fsp3) is 0.323. The van der Waals surface area contributed by atoms with Crippen molar-refractivity contribution in [2.24, 2.45) is 0 Å². The maximum atomic E-state index is 13.2. The van der Waals surface area contributed by atoms with E-state index in [0.717, 1.165) is 11.1 Å². The molecular weight excluding hydrogens is 532 g/mol. The van der Waals surface area contributed by atoms with Crippen LogP contribution in [0, 0.1) is 0 Å². The molecule has 0 saturated carbocycles. The highest BCUT2D eigenvalue weighted by molar-refractivity contribution is 5.89. The van der Waals surface area contributed by atoms with Crippen LogP contribution in [0.4, 0.5) is 0 Å². The van der Waals surface area contributed by atoms with Gasteiger partial charge in [-0.25, -0.2) is 9.59 Å². The Morgan fingerprint density at radius 2 is 1.32 bits per heavy atom. The van der Waals surface area contributed by atoms with E-state index in [-0.39, 0.29) is 18.8 Å². The van der Waals surface area contributed by atoms with Crippen molar-refractivity contribution in [3.8, 4) is 5.75 Å². The lowest BCUT2D eigenvalue weighted by Crippen LogP contribution is -2.63. The molecule has 10 nitrogen and oxygen atoms in total. The van der Waals surface area contributed by atoms with Gasteiger partial charge in [0.05, 0.1) is 33.0 Å². The third-order valence-electron chi connectivity index (χ3n) is 6.34. The van der Waals surface area contributed by atoms with E-state index in [1.165, 1.54) is 14.0 Å². The predicted molar refractivity (Wildman–Crippen MR) is 145 cm³/mol. The average molecular weight is 565 g/mol. The first-order chi connectivity index (χ1) is 19.9. The SMILES string of the molecule is COC(=O)[C@@H]1O[C@@H](OCc2ccccc2)[C@H](OC(=O)c2ccccc2)[C@@H](OCc2ccc(OC)cc2)[C@H]1OC(C)=O. The molecule has 0 aliphatic carbocycles. The summed E-state index contributed by atoms with van der Waals surface area (Å²) in [6.07, 6.45) is -6.43. The molecule has 0 unspecified atom stereocenters. The van der Waals surface area contributed by atoms with Crippen LogP contribution < -0.4 is 4.74 Å². The van der Waals surface area contributed by atoms with Gasteiger partial charge < -0.3 is 33.2 Å². The van der Waals surface area contributed by atoms with Crippen molar-refractivity contribution >= 4 is 17.9 Å². The number of rotatable bonds is 11. The van der Waals surface area contributed by atoms with E-state index in [2.05, 4.69) is 0 Å². The minimum Gasteiger partial charge on any atom is -0.497 e. The molecule has 0 aromatic heterocycles. The lowest BCUT2D eigenvalue weighted by molar-refractivity contribution is -0.306. The Kier molecular flexibility index (Phi) is 10.4. The summed E-state index contributed by atoms with van der Waals surface area (Å²) >= 11 is 0. The second kappa shape index (κ2) is 14.4. The molecule has 10 heteroatoms. The fourth-order valence-corrected chi connectivity index (χ4v) is 4.32. The highest BCUT2D eigenvalue weighted by Gasteiger charge is 2.54. The Hall–Kier alpha value is -4.25. The van der Waals surface area contributed by atoms with Gasteiger partial charge in [0.1, 0.15) is 11.9 Å². The molecule has 5 atom stereocenters. The minimum atomic E-state index is -1.42. The van der Waals surface area contributed by atoms with Gasteiger partial charge in [0.15, 0.2) is 24.6 Å². The van der Waals surface area contributed by atoms with Crippen molar-refractivity contribution in [3.63, 3.8) is 0 Å². The van der Waals surface area contributed by atoms with Crippen molar-refractivity contribution < 1.29 is 47.5 Å². The molecule has 1 heterocycles. The van der Waals surface area contributed by atoms with Crippen LogP contribution >= 0.6 is 0 Å². The molecule has 216 valence electrons. The predicted octanol–water partition coefficient (Wildman–Crippen LogP) is 3.85. The lowest BCUT2D eigenvalue weighted by atomic mass is 9.97. The van der Waals surface area contributed by atoms with Crippen LogP contribution in [0.5, 0.6) is 5.75 Å². The summed E-state index contributed by atoms with van der Waals surface area (Å²) in [7, 11) is 2.75. The molecular formula is C31H32O10. The summed E-state index contributed by atoms with van der Waals surface area (Å²) in [4.78, 5) is 38.2. The first kappa shape index (κ1) is 29.7. The minimum absolute atomic E-state index is 0.0190. The molecule has 1 aliphatic rings. The van der Waals surface area contributed by atoms with Crippen LogP contribution in [0.1, 0.15) is 28.4 Å². The zero-order valence-electron chi connectivity index (χ0n) is 23.0. The standard InChI is InChI=1S/C31H32O10/c1-20(32)39-26-25(37-18-22-14-16-24(35-2)17-15-22)28(40-29(33)23-12-8-5-9-13-23)31(41-27(26)30(34)36-3)38-19-21-10-6-4-7-11-21/h4-17,25-28,31H,18-19H2,1-3H3/t25-,26+,27+,28+,31+/m0/s1. The van der Waals surface area contributed by atoms with Gasteiger partial charge >= 0.3 is 17.9 Å². The van der Waals surface area contributed by atoms with E-state index in [1.807, 2.05) is 30.3 Å². The van der Waals surface area contributed by atoms with E-state index >= 15 is 0 Å². The molecule has 0 bridgehead atoms. The fourth-order valence-electron chi connectivity index (χ4n) is 4.32. The monoisotopic (exact) mass is 564 g/mol. The number of hydrogen-bond acceptors (Lipinski definition) is 10. The van der Waals surface area contributed by atoms with Gasteiger partial charge in [-0.05, 0) is 35.4 Å². The molecule has 0 N–H and O–H groups in total. The number of carbonyl (C=O) groups excluding carboxylic acids is 3. The average Bonchev–Trinajstić information content (AvgIpc) is 3.00. The Morgan fingerprint density at radius 1 is 0.707 bits per heavy atom. The van der Waals surface area contributed by atoms with Crippen molar-refractivity contribution in [3.05, 3.63) is 102 Å². The van der Waals surface area contributed by atoms with Crippen LogP contribution in [-0.2, 0) is 51.2 Å². The van der Waals surface area contributed by atoms with E-state index in [4.69, 9.17) is 33.2 Å². The second-order valence-corrected chi connectivity index (χ2v) is 9.18. The smallest absolute Gasteiger partial charge is 0.339 e.